The maximum absolute atomic E-state index is 13.0. The number of H-pyrrole nitrogens is 1. The van der Waals surface area contributed by atoms with Crippen LogP contribution in [-0.2, 0) is 19.5 Å². The first-order chi connectivity index (χ1) is 10.7. The third-order valence-corrected chi connectivity index (χ3v) is 5.79. The smallest absolute Gasteiger partial charge is 0.275 e. The van der Waals surface area contributed by atoms with Gasteiger partial charge in [-0.25, -0.2) is 0 Å². The van der Waals surface area contributed by atoms with E-state index >= 15 is 0 Å². The van der Waals surface area contributed by atoms with Gasteiger partial charge in [0.1, 0.15) is 0 Å². The molecule has 5 nitrogen and oxygen atoms in total. The van der Waals surface area contributed by atoms with E-state index in [0.717, 1.165) is 47.4 Å². The number of hydrogen-bond donors (Lipinski definition) is 2. The van der Waals surface area contributed by atoms with Crippen LogP contribution in [0.15, 0.2) is 15.2 Å². The Morgan fingerprint density at radius 2 is 2.36 bits per heavy atom. The molecule has 7 heteroatoms. The highest BCUT2D eigenvalue weighted by atomic mass is 79.9. The van der Waals surface area contributed by atoms with Gasteiger partial charge in [-0.3, -0.25) is 9.89 Å². The lowest BCUT2D eigenvalue weighted by Crippen LogP contribution is -2.34. The molecule has 4 rings (SSSR count). The first-order valence-corrected chi connectivity index (χ1v) is 9.20. The second kappa shape index (κ2) is 5.79. The van der Waals surface area contributed by atoms with Crippen LogP contribution in [0, 0.1) is 0 Å². The Kier molecular flexibility index (Phi) is 3.79. The van der Waals surface area contributed by atoms with Crippen molar-refractivity contribution in [3.05, 3.63) is 37.7 Å². The molecular weight excluding hydrogens is 364 g/mol. The third kappa shape index (κ3) is 2.73. The van der Waals surface area contributed by atoms with Gasteiger partial charge in [0.2, 0.25) is 0 Å². The van der Waals surface area contributed by atoms with Gasteiger partial charge in [0.05, 0.1) is 3.79 Å². The van der Waals surface area contributed by atoms with E-state index < -0.39 is 0 Å². The number of thiophene rings is 1. The molecule has 0 unspecified atom stereocenters. The number of amides is 1. The monoisotopic (exact) mass is 380 g/mol. The summed E-state index contributed by atoms with van der Waals surface area (Å²) in [5, 5.41) is 12.8. The second-order valence-corrected chi connectivity index (χ2v) is 8.17. The quantitative estimate of drug-likeness (QED) is 0.856. The Morgan fingerprint density at radius 1 is 1.50 bits per heavy atom. The van der Waals surface area contributed by atoms with Gasteiger partial charge >= 0.3 is 0 Å². The fourth-order valence-corrected chi connectivity index (χ4v) is 4.12. The molecule has 1 saturated carbocycles. The molecular formula is C15H17BrN4OS. The summed E-state index contributed by atoms with van der Waals surface area (Å²) in [6.45, 7) is 2.34. The number of rotatable bonds is 4. The molecule has 0 radical (unpaired) electrons. The number of halogens is 1. The first kappa shape index (κ1) is 14.4. The van der Waals surface area contributed by atoms with Gasteiger partial charge in [0.25, 0.3) is 5.91 Å². The molecule has 2 aromatic heterocycles. The number of aromatic nitrogens is 2. The average Bonchev–Trinajstić information content (AvgIpc) is 3.14. The first-order valence-electron chi connectivity index (χ1n) is 7.53. The maximum Gasteiger partial charge on any atom is 0.275 e. The van der Waals surface area contributed by atoms with E-state index in [-0.39, 0.29) is 5.91 Å². The SMILES string of the molecule is O=C(c1n[nH]c2c1CNCC2)N(Cc1csc(Br)c1)C1CC1. The Morgan fingerprint density at radius 3 is 3.09 bits per heavy atom. The van der Waals surface area contributed by atoms with Gasteiger partial charge in [0.15, 0.2) is 5.69 Å². The molecule has 116 valence electrons. The van der Waals surface area contributed by atoms with Crippen molar-refractivity contribution in [2.75, 3.05) is 6.54 Å². The summed E-state index contributed by atoms with van der Waals surface area (Å²) in [5.41, 5.74) is 3.94. The van der Waals surface area contributed by atoms with Crippen LogP contribution in [0.1, 0.15) is 40.2 Å². The van der Waals surface area contributed by atoms with E-state index in [1.807, 2.05) is 4.90 Å². The molecule has 1 amide bonds. The van der Waals surface area contributed by atoms with Crippen LogP contribution in [0.2, 0.25) is 0 Å². The van der Waals surface area contributed by atoms with Crippen LogP contribution in [0.3, 0.4) is 0 Å². The number of fused-ring (bicyclic) bond motifs is 1. The zero-order valence-electron chi connectivity index (χ0n) is 12.1. The highest BCUT2D eigenvalue weighted by molar-refractivity contribution is 9.11. The molecule has 2 N–H and O–H groups in total. The Labute approximate surface area is 141 Å². The summed E-state index contributed by atoms with van der Waals surface area (Å²) >= 11 is 5.15. The van der Waals surface area contributed by atoms with E-state index in [2.05, 4.69) is 42.9 Å². The summed E-state index contributed by atoms with van der Waals surface area (Å²) < 4.78 is 1.10. The van der Waals surface area contributed by atoms with Crippen molar-refractivity contribution in [2.24, 2.45) is 0 Å². The maximum atomic E-state index is 13.0. The van der Waals surface area contributed by atoms with Crippen molar-refractivity contribution < 1.29 is 4.79 Å². The van der Waals surface area contributed by atoms with Crippen LogP contribution in [-0.4, -0.2) is 33.6 Å². The molecule has 0 saturated heterocycles. The van der Waals surface area contributed by atoms with Gasteiger partial charge in [0, 0.05) is 43.4 Å². The van der Waals surface area contributed by atoms with Crippen LogP contribution in [0.5, 0.6) is 0 Å². The van der Waals surface area contributed by atoms with Gasteiger partial charge in [-0.1, -0.05) is 0 Å². The minimum atomic E-state index is 0.0611. The van der Waals surface area contributed by atoms with Crippen molar-refractivity contribution in [1.29, 1.82) is 0 Å². The zero-order valence-corrected chi connectivity index (χ0v) is 14.5. The summed E-state index contributed by atoms with van der Waals surface area (Å²) in [4.78, 5) is 15.0. The summed E-state index contributed by atoms with van der Waals surface area (Å²) in [7, 11) is 0. The normalized spacial score (nSPS) is 17.3. The average molecular weight is 381 g/mol. The molecule has 2 aliphatic rings. The van der Waals surface area contributed by atoms with Gasteiger partial charge in [-0.05, 0) is 45.8 Å². The van der Waals surface area contributed by atoms with E-state index in [1.165, 1.54) is 5.56 Å². The number of hydrogen-bond acceptors (Lipinski definition) is 4. The number of nitrogens with zero attached hydrogens (tertiary/aromatic N) is 2. The van der Waals surface area contributed by atoms with Gasteiger partial charge in [-0.15, -0.1) is 11.3 Å². The summed E-state index contributed by atoms with van der Waals surface area (Å²) in [5.74, 6) is 0.0611. The minimum absolute atomic E-state index is 0.0611. The third-order valence-electron chi connectivity index (χ3n) is 4.23. The van der Waals surface area contributed by atoms with E-state index in [1.54, 1.807) is 11.3 Å². The van der Waals surface area contributed by atoms with E-state index in [4.69, 9.17) is 0 Å². The lowest BCUT2D eigenvalue weighted by atomic mass is 10.1. The number of carbonyl (C=O) groups is 1. The van der Waals surface area contributed by atoms with Crippen molar-refractivity contribution in [2.45, 2.75) is 38.4 Å². The van der Waals surface area contributed by atoms with Crippen LogP contribution < -0.4 is 5.32 Å². The Bertz CT molecular complexity index is 706. The second-order valence-electron chi connectivity index (χ2n) is 5.88. The predicted octanol–water partition coefficient (Wildman–Crippen LogP) is 2.68. The largest absolute Gasteiger partial charge is 0.330 e. The highest BCUT2D eigenvalue weighted by Crippen LogP contribution is 2.32. The van der Waals surface area contributed by atoms with Crippen LogP contribution in [0.4, 0.5) is 0 Å². The molecule has 3 heterocycles. The van der Waals surface area contributed by atoms with Crippen molar-refractivity contribution >= 4 is 33.2 Å². The molecule has 0 atom stereocenters. The molecule has 1 aliphatic heterocycles. The summed E-state index contributed by atoms with van der Waals surface area (Å²) in [6, 6.07) is 2.46. The van der Waals surface area contributed by atoms with Crippen LogP contribution >= 0.6 is 27.3 Å². The lowest BCUT2D eigenvalue weighted by molar-refractivity contribution is 0.0722. The standard InChI is InChI=1S/C15H17BrN4OS/c16-13-5-9(8-22-13)7-20(10-1-2-10)15(21)14-11-6-17-4-3-12(11)18-19-14/h5,8,10,17H,1-4,6-7H2,(H,18,19). The van der Waals surface area contributed by atoms with Crippen LogP contribution in [0.25, 0.3) is 0 Å². The highest BCUT2D eigenvalue weighted by Gasteiger charge is 2.35. The Balaban J connectivity index is 1.59. The van der Waals surface area contributed by atoms with Gasteiger partial charge in [-0.2, -0.15) is 5.10 Å². The molecule has 1 aliphatic carbocycles. The zero-order chi connectivity index (χ0) is 15.1. The molecule has 0 bridgehead atoms. The minimum Gasteiger partial charge on any atom is -0.330 e. The molecule has 2 aromatic rings. The Hall–Kier alpha value is -1.18. The predicted molar refractivity (Wildman–Crippen MR) is 88.9 cm³/mol. The topological polar surface area (TPSA) is 61.0 Å². The van der Waals surface area contributed by atoms with Crippen molar-refractivity contribution in [1.82, 2.24) is 20.4 Å². The van der Waals surface area contributed by atoms with Crippen molar-refractivity contribution in [3.63, 3.8) is 0 Å². The van der Waals surface area contributed by atoms with E-state index in [0.29, 0.717) is 18.3 Å². The molecule has 0 spiro atoms. The number of carbonyl (C=O) groups excluding carboxylic acids is 1. The van der Waals surface area contributed by atoms with Gasteiger partial charge < -0.3 is 10.2 Å². The fourth-order valence-electron chi connectivity index (χ4n) is 2.92. The van der Waals surface area contributed by atoms with Crippen molar-refractivity contribution in [3.8, 4) is 0 Å². The van der Waals surface area contributed by atoms with E-state index in [9.17, 15) is 4.79 Å². The number of aromatic amines is 1. The molecule has 1 fully saturated rings. The molecule has 0 aromatic carbocycles. The molecule has 22 heavy (non-hydrogen) atoms. The summed E-state index contributed by atoms with van der Waals surface area (Å²) in [6.07, 6.45) is 3.11. The number of nitrogens with one attached hydrogen (secondary N) is 2. The fraction of sp³-hybridized carbons (Fsp3) is 0.467. The lowest BCUT2D eigenvalue weighted by Gasteiger charge is -2.22.